The van der Waals surface area contributed by atoms with Gasteiger partial charge < -0.3 is 14.6 Å². The first kappa shape index (κ1) is 17.5. The van der Waals surface area contributed by atoms with E-state index in [1.165, 1.54) is 0 Å². The number of halogens is 3. The predicted molar refractivity (Wildman–Crippen MR) is 91.1 cm³/mol. The lowest BCUT2D eigenvalue weighted by atomic mass is 9.99. The number of hydrogen-bond donors (Lipinski definition) is 0. The Labute approximate surface area is 150 Å². The van der Waals surface area contributed by atoms with Crippen molar-refractivity contribution >= 4 is 18.1 Å². The van der Waals surface area contributed by atoms with Crippen LogP contribution in [0.4, 0.5) is 24.9 Å². The van der Waals surface area contributed by atoms with Crippen LogP contribution in [-0.4, -0.2) is 41.9 Å². The summed E-state index contributed by atoms with van der Waals surface area (Å²) in [5.41, 5.74) is -0.832. The Hall–Kier alpha value is -1.86. The van der Waals surface area contributed by atoms with E-state index in [1.54, 1.807) is 0 Å². The Bertz CT molecular complexity index is 725. The molecular formula is C18H23F3N4O. The Morgan fingerprint density at radius 1 is 1.38 bits per heavy atom. The SMILES string of the molecule is CCC12CN(c3cc(C(F)(F)F)nc(N4CC[C@@H]4C)n3)CC1C2CC=O. The van der Waals surface area contributed by atoms with Gasteiger partial charge in [-0.3, -0.25) is 0 Å². The van der Waals surface area contributed by atoms with E-state index in [9.17, 15) is 18.0 Å². The number of piperidine rings is 1. The third-order valence-electron chi connectivity index (χ3n) is 6.66. The Balaban J connectivity index is 1.63. The highest BCUT2D eigenvalue weighted by Gasteiger charge is 2.67. The Morgan fingerprint density at radius 3 is 2.65 bits per heavy atom. The molecule has 8 heteroatoms. The normalized spacial score (nSPS) is 33.0. The van der Waals surface area contributed by atoms with Crippen molar-refractivity contribution in [2.24, 2.45) is 17.3 Å². The molecule has 3 aliphatic rings. The fourth-order valence-corrected chi connectivity index (χ4v) is 4.86. The number of aromatic nitrogens is 2. The number of hydrogen-bond acceptors (Lipinski definition) is 5. The van der Waals surface area contributed by atoms with Crippen molar-refractivity contribution in [1.29, 1.82) is 0 Å². The lowest BCUT2D eigenvalue weighted by Crippen LogP contribution is -2.47. The zero-order valence-electron chi connectivity index (χ0n) is 15.0. The topological polar surface area (TPSA) is 49.3 Å². The van der Waals surface area contributed by atoms with Crippen molar-refractivity contribution in [1.82, 2.24) is 9.97 Å². The van der Waals surface area contributed by atoms with E-state index in [2.05, 4.69) is 16.9 Å². The first-order chi connectivity index (χ1) is 12.3. The average Bonchev–Trinajstić information content (AvgIpc) is 2.99. The van der Waals surface area contributed by atoms with Gasteiger partial charge in [-0.1, -0.05) is 6.92 Å². The summed E-state index contributed by atoms with van der Waals surface area (Å²) in [4.78, 5) is 22.9. The first-order valence-corrected chi connectivity index (χ1v) is 9.21. The second-order valence-corrected chi connectivity index (χ2v) is 7.82. The fraction of sp³-hybridized carbons (Fsp3) is 0.722. The molecule has 2 aliphatic heterocycles. The molecule has 2 saturated heterocycles. The van der Waals surface area contributed by atoms with Crippen LogP contribution in [0.1, 0.15) is 38.8 Å². The summed E-state index contributed by atoms with van der Waals surface area (Å²) >= 11 is 0. The Morgan fingerprint density at radius 2 is 2.15 bits per heavy atom. The number of carbonyl (C=O) groups excluding carboxylic acids is 1. The largest absolute Gasteiger partial charge is 0.433 e. The maximum absolute atomic E-state index is 13.3. The van der Waals surface area contributed by atoms with Crippen molar-refractivity contribution in [2.75, 3.05) is 29.4 Å². The summed E-state index contributed by atoms with van der Waals surface area (Å²) < 4.78 is 40.0. The highest BCUT2D eigenvalue weighted by molar-refractivity contribution is 5.55. The van der Waals surface area contributed by atoms with Gasteiger partial charge in [0.1, 0.15) is 12.1 Å². The molecule has 1 aromatic heterocycles. The minimum atomic E-state index is -4.49. The molecule has 0 bridgehead atoms. The summed E-state index contributed by atoms with van der Waals surface area (Å²) in [6.07, 6.45) is -1.13. The van der Waals surface area contributed by atoms with Crippen LogP contribution in [0.5, 0.6) is 0 Å². The van der Waals surface area contributed by atoms with Gasteiger partial charge in [0.15, 0.2) is 5.69 Å². The molecule has 0 N–H and O–H groups in total. The van der Waals surface area contributed by atoms with E-state index in [1.807, 2.05) is 16.7 Å². The quantitative estimate of drug-likeness (QED) is 0.748. The molecule has 4 rings (SSSR count). The number of anilines is 2. The van der Waals surface area contributed by atoms with Crippen LogP contribution in [0.25, 0.3) is 0 Å². The summed E-state index contributed by atoms with van der Waals surface area (Å²) in [6, 6.07) is 1.23. The van der Waals surface area contributed by atoms with Crippen molar-refractivity contribution < 1.29 is 18.0 Å². The van der Waals surface area contributed by atoms with Crippen molar-refractivity contribution in [3.05, 3.63) is 11.8 Å². The third kappa shape index (κ3) is 2.56. The monoisotopic (exact) mass is 368 g/mol. The van der Waals surface area contributed by atoms with Crippen molar-refractivity contribution in [3.8, 4) is 0 Å². The molecular weight excluding hydrogens is 345 g/mol. The van der Waals surface area contributed by atoms with Gasteiger partial charge in [-0.05, 0) is 37.0 Å². The maximum Gasteiger partial charge on any atom is 0.433 e. The second kappa shape index (κ2) is 5.82. The molecule has 26 heavy (non-hydrogen) atoms. The molecule has 0 aromatic carbocycles. The van der Waals surface area contributed by atoms with E-state index in [4.69, 9.17) is 0 Å². The molecule has 142 valence electrons. The molecule has 3 fully saturated rings. The number of alkyl halides is 3. The fourth-order valence-electron chi connectivity index (χ4n) is 4.86. The van der Waals surface area contributed by atoms with Crippen LogP contribution in [0.2, 0.25) is 0 Å². The van der Waals surface area contributed by atoms with Gasteiger partial charge in [-0.2, -0.15) is 18.2 Å². The molecule has 0 amide bonds. The van der Waals surface area contributed by atoms with E-state index in [0.29, 0.717) is 43.7 Å². The molecule has 1 aliphatic carbocycles. The lowest BCUT2D eigenvalue weighted by Gasteiger charge is -2.39. The van der Waals surface area contributed by atoms with Crippen LogP contribution in [0.15, 0.2) is 6.07 Å². The molecule has 0 spiro atoms. The highest BCUT2D eigenvalue weighted by atomic mass is 19.4. The van der Waals surface area contributed by atoms with Gasteiger partial charge in [0, 0.05) is 38.2 Å². The molecule has 5 nitrogen and oxygen atoms in total. The smallest absolute Gasteiger partial charge is 0.356 e. The van der Waals surface area contributed by atoms with Crippen LogP contribution < -0.4 is 9.80 Å². The molecule has 0 radical (unpaired) electrons. The number of nitrogens with zero attached hydrogens (tertiary/aromatic N) is 4. The zero-order valence-corrected chi connectivity index (χ0v) is 15.0. The van der Waals surface area contributed by atoms with Gasteiger partial charge in [-0.15, -0.1) is 0 Å². The van der Waals surface area contributed by atoms with Gasteiger partial charge in [-0.25, -0.2) is 4.98 Å². The summed E-state index contributed by atoms with van der Waals surface area (Å²) in [7, 11) is 0. The maximum atomic E-state index is 13.3. The first-order valence-electron chi connectivity index (χ1n) is 9.21. The summed E-state index contributed by atoms with van der Waals surface area (Å²) in [5, 5.41) is 0. The lowest BCUT2D eigenvalue weighted by molar-refractivity contribution is -0.141. The zero-order chi connectivity index (χ0) is 18.7. The molecule has 3 unspecified atom stereocenters. The predicted octanol–water partition coefficient (Wildman–Crippen LogP) is 3.15. The van der Waals surface area contributed by atoms with Gasteiger partial charge in [0.25, 0.3) is 0 Å². The average molecular weight is 368 g/mol. The van der Waals surface area contributed by atoms with E-state index in [0.717, 1.165) is 25.2 Å². The second-order valence-electron chi connectivity index (χ2n) is 7.82. The molecule has 3 heterocycles. The number of aldehydes is 1. The van der Waals surface area contributed by atoms with E-state index < -0.39 is 11.9 Å². The summed E-state index contributed by atoms with van der Waals surface area (Å²) in [5.74, 6) is 1.25. The van der Waals surface area contributed by atoms with Gasteiger partial charge in [0.05, 0.1) is 0 Å². The van der Waals surface area contributed by atoms with Crippen LogP contribution in [0, 0.1) is 17.3 Å². The van der Waals surface area contributed by atoms with Gasteiger partial charge >= 0.3 is 6.18 Å². The number of rotatable bonds is 5. The molecule has 1 saturated carbocycles. The van der Waals surface area contributed by atoms with E-state index in [-0.39, 0.29) is 17.4 Å². The van der Waals surface area contributed by atoms with Crippen LogP contribution in [-0.2, 0) is 11.0 Å². The van der Waals surface area contributed by atoms with E-state index >= 15 is 0 Å². The van der Waals surface area contributed by atoms with Crippen molar-refractivity contribution in [2.45, 2.75) is 45.3 Å². The third-order valence-corrected chi connectivity index (χ3v) is 6.66. The summed E-state index contributed by atoms with van der Waals surface area (Å²) in [6.45, 7) is 6.07. The Kier molecular flexibility index (Phi) is 3.93. The van der Waals surface area contributed by atoms with Gasteiger partial charge in [0.2, 0.25) is 5.95 Å². The van der Waals surface area contributed by atoms with Crippen molar-refractivity contribution in [3.63, 3.8) is 0 Å². The molecule has 4 atom stereocenters. The van der Waals surface area contributed by atoms with Crippen LogP contribution in [0.3, 0.4) is 0 Å². The standard InChI is InChI=1S/C18H23F3N4O/c1-3-17-10-24(9-13(17)12(17)5-7-26)15-8-14(18(19,20)21)22-16(23-15)25-6-4-11(25)2/h7-8,11-13H,3-6,9-10H2,1-2H3/t11-,12?,13?,17?/m0/s1. The molecule has 1 aromatic rings. The number of fused-ring (bicyclic) bond motifs is 1. The minimum absolute atomic E-state index is 0.0501. The highest BCUT2D eigenvalue weighted by Crippen LogP contribution is 2.66. The van der Waals surface area contributed by atoms with Crippen LogP contribution >= 0.6 is 0 Å². The number of carbonyl (C=O) groups is 1. The minimum Gasteiger partial charge on any atom is -0.356 e.